The van der Waals surface area contributed by atoms with Gasteiger partial charge in [0.15, 0.2) is 0 Å². The molecular weight excluding hydrogens is 198 g/mol. The lowest BCUT2D eigenvalue weighted by Crippen LogP contribution is -2.33. The molecule has 0 amide bonds. The minimum absolute atomic E-state index is 0.726. The standard InChI is InChI=1S/C11H16ClNO/c12-8-10-3-5-13(6-4-10)9-11-2-1-7-14-11/h1-2,7,10H,3-6,8-9H2. The zero-order valence-electron chi connectivity index (χ0n) is 8.29. The van der Waals surface area contributed by atoms with Crippen LogP contribution >= 0.6 is 11.6 Å². The molecule has 0 saturated carbocycles. The fourth-order valence-corrected chi connectivity index (χ4v) is 2.23. The van der Waals surface area contributed by atoms with E-state index in [0.29, 0.717) is 0 Å². The largest absolute Gasteiger partial charge is 0.468 e. The maximum atomic E-state index is 5.83. The normalized spacial score (nSPS) is 20.1. The monoisotopic (exact) mass is 213 g/mol. The Hall–Kier alpha value is -0.470. The molecule has 0 aliphatic carbocycles. The second-order valence-corrected chi connectivity index (χ2v) is 4.26. The molecule has 0 radical (unpaired) electrons. The third-order valence-corrected chi connectivity index (χ3v) is 3.32. The molecule has 2 rings (SSSR count). The van der Waals surface area contributed by atoms with Gasteiger partial charge < -0.3 is 4.42 Å². The first-order valence-corrected chi connectivity index (χ1v) is 5.72. The lowest BCUT2D eigenvalue weighted by atomic mass is 9.99. The Labute approximate surface area is 89.8 Å². The van der Waals surface area contributed by atoms with Crippen molar-refractivity contribution in [2.75, 3.05) is 19.0 Å². The predicted molar refractivity (Wildman–Crippen MR) is 57.4 cm³/mol. The van der Waals surface area contributed by atoms with Gasteiger partial charge in [0.25, 0.3) is 0 Å². The molecule has 0 aromatic carbocycles. The zero-order valence-corrected chi connectivity index (χ0v) is 9.04. The quantitative estimate of drug-likeness (QED) is 0.718. The summed E-state index contributed by atoms with van der Waals surface area (Å²) in [4.78, 5) is 2.43. The number of hydrogen-bond donors (Lipinski definition) is 0. The molecule has 0 atom stereocenters. The first-order chi connectivity index (χ1) is 6.88. The van der Waals surface area contributed by atoms with Gasteiger partial charge in [-0.05, 0) is 44.0 Å². The summed E-state index contributed by atoms with van der Waals surface area (Å²) in [6, 6.07) is 3.98. The van der Waals surface area contributed by atoms with Gasteiger partial charge in [0.05, 0.1) is 12.8 Å². The van der Waals surface area contributed by atoms with Crippen LogP contribution in [-0.2, 0) is 6.54 Å². The summed E-state index contributed by atoms with van der Waals surface area (Å²) < 4.78 is 5.32. The van der Waals surface area contributed by atoms with Crippen molar-refractivity contribution in [3.63, 3.8) is 0 Å². The van der Waals surface area contributed by atoms with Crippen LogP contribution in [0, 0.1) is 5.92 Å². The molecule has 1 saturated heterocycles. The lowest BCUT2D eigenvalue weighted by molar-refractivity contribution is 0.175. The van der Waals surface area contributed by atoms with E-state index in [0.717, 1.165) is 37.2 Å². The highest BCUT2D eigenvalue weighted by molar-refractivity contribution is 6.18. The maximum absolute atomic E-state index is 5.83. The number of furan rings is 1. The average Bonchev–Trinajstić information content (AvgIpc) is 2.72. The summed E-state index contributed by atoms with van der Waals surface area (Å²) in [5.74, 6) is 2.60. The van der Waals surface area contributed by atoms with Crippen LogP contribution in [0.5, 0.6) is 0 Å². The van der Waals surface area contributed by atoms with Gasteiger partial charge >= 0.3 is 0 Å². The molecular formula is C11H16ClNO. The molecule has 1 aliphatic heterocycles. The van der Waals surface area contributed by atoms with Crippen molar-refractivity contribution >= 4 is 11.6 Å². The van der Waals surface area contributed by atoms with Crippen molar-refractivity contribution in [1.82, 2.24) is 4.90 Å². The van der Waals surface area contributed by atoms with Gasteiger partial charge in [-0.1, -0.05) is 0 Å². The van der Waals surface area contributed by atoms with Gasteiger partial charge in [-0.2, -0.15) is 0 Å². The Balaban J connectivity index is 1.79. The Morgan fingerprint density at radius 2 is 2.21 bits per heavy atom. The van der Waals surface area contributed by atoms with Crippen LogP contribution in [0.2, 0.25) is 0 Å². The molecule has 0 spiro atoms. The van der Waals surface area contributed by atoms with E-state index in [1.807, 2.05) is 12.1 Å². The molecule has 0 bridgehead atoms. The number of rotatable bonds is 3. The summed E-state index contributed by atoms with van der Waals surface area (Å²) in [5, 5.41) is 0. The fraction of sp³-hybridized carbons (Fsp3) is 0.636. The van der Waals surface area contributed by atoms with Crippen molar-refractivity contribution < 1.29 is 4.42 Å². The second-order valence-electron chi connectivity index (χ2n) is 3.95. The van der Waals surface area contributed by atoms with Crippen molar-refractivity contribution in [1.29, 1.82) is 0 Å². The molecule has 2 heterocycles. The van der Waals surface area contributed by atoms with Crippen LogP contribution in [-0.4, -0.2) is 23.9 Å². The highest BCUT2D eigenvalue weighted by Gasteiger charge is 2.18. The highest BCUT2D eigenvalue weighted by Crippen LogP contribution is 2.19. The van der Waals surface area contributed by atoms with E-state index in [4.69, 9.17) is 16.0 Å². The van der Waals surface area contributed by atoms with E-state index in [1.54, 1.807) is 6.26 Å². The highest BCUT2D eigenvalue weighted by atomic mass is 35.5. The van der Waals surface area contributed by atoms with E-state index >= 15 is 0 Å². The fourth-order valence-electron chi connectivity index (χ4n) is 1.92. The van der Waals surface area contributed by atoms with Crippen LogP contribution in [0.3, 0.4) is 0 Å². The van der Waals surface area contributed by atoms with E-state index in [9.17, 15) is 0 Å². The molecule has 1 fully saturated rings. The summed E-state index contributed by atoms with van der Waals surface area (Å²) in [7, 11) is 0. The average molecular weight is 214 g/mol. The molecule has 1 aromatic heterocycles. The van der Waals surface area contributed by atoms with Crippen LogP contribution in [0.4, 0.5) is 0 Å². The minimum Gasteiger partial charge on any atom is -0.468 e. The van der Waals surface area contributed by atoms with Crippen molar-refractivity contribution in [2.45, 2.75) is 19.4 Å². The van der Waals surface area contributed by atoms with Crippen LogP contribution < -0.4 is 0 Å². The van der Waals surface area contributed by atoms with E-state index in [-0.39, 0.29) is 0 Å². The van der Waals surface area contributed by atoms with E-state index in [1.165, 1.54) is 12.8 Å². The van der Waals surface area contributed by atoms with Gasteiger partial charge in [0.2, 0.25) is 0 Å². The van der Waals surface area contributed by atoms with Gasteiger partial charge in [0, 0.05) is 5.88 Å². The van der Waals surface area contributed by atoms with Gasteiger partial charge in [-0.3, -0.25) is 4.90 Å². The topological polar surface area (TPSA) is 16.4 Å². The van der Waals surface area contributed by atoms with Crippen LogP contribution in [0.1, 0.15) is 18.6 Å². The maximum Gasteiger partial charge on any atom is 0.117 e. The molecule has 3 heteroatoms. The molecule has 1 aromatic rings. The van der Waals surface area contributed by atoms with E-state index < -0.39 is 0 Å². The first kappa shape index (κ1) is 10.1. The molecule has 14 heavy (non-hydrogen) atoms. The predicted octanol–water partition coefficient (Wildman–Crippen LogP) is 2.73. The summed E-state index contributed by atoms with van der Waals surface area (Å²) >= 11 is 5.83. The van der Waals surface area contributed by atoms with Crippen molar-refractivity contribution in [3.8, 4) is 0 Å². The number of halogens is 1. The Bertz CT molecular complexity index is 252. The SMILES string of the molecule is ClCC1CCN(Cc2ccco2)CC1. The number of hydrogen-bond acceptors (Lipinski definition) is 2. The minimum atomic E-state index is 0.726. The van der Waals surface area contributed by atoms with Crippen molar-refractivity contribution in [3.05, 3.63) is 24.2 Å². The molecule has 1 aliphatic rings. The van der Waals surface area contributed by atoms with Gasteiger partial charge in [-0.25, -0.2) is 0 Å². The van der Waals surface area contributed by atoms with E-state index in [2.05, 4.69) is 4.90 Å². The number of piperidine rings is 1. The third-order valence-electron chi connectivity index (χ3n) is 2.88. The van der Waals surface area contributed by atoms with Crippen LogP contribution in [0.25, 0.3) is 0 Å². The van der Waals surface area contributed by atoms with Crippen LogP contribution in [0.15, 0.2) is 22.8 Å². The first-order valence-electron chi connectivity index (χ1n) is 5.19. The molecule has 0 N–H and O–H groups in total. The summed E-state index contributed by atoms with van der Waals surface area (Å²) in [6.45, 7) is 3.25. The molecule has 2 nitrogen and oxygen atoms in total. The summed E-state index contributed by atoms with van der Waals surface area (Å²) in [5.41, 5.74) is 0. The van der Waals surface area contributed by atoms with Crippen molar-refractivity contribution in [2.24, 2.45) is 5.92 Å². The smallest absolute Gasteiger partial charge is 0.117 e. The number of likely N-dealkylation sites (tertiary alicyclic amines) is 1. The Kier molecular flexibility index (Phi) is 3.49. The number of alkyl halides is 1. The number of nitrogens with zero attached hydrogens (tertiary/aromatic N) is 1. The van der Waals surface area contributed by atoms with Gasteiger partial charge in [-0.15, -0.1) is 11.6 Å². The van der Waals surface area contributed by atoms with Gasteiger partial charge in [0.1, 0.15) is 5.76 Å². The molecule has 0 unspecified atom stereocenters. The Morgan fingerprint density at radius 1 is 1.43 bits per heavy atom. The Morgan fingerprint density at radius 3 is 2.79 bits per heavy atom. The molecule has 78 valence electrons. The summed E-state index contributed by atoms with van der Waals surface area (Å²) in [6.07, 6.45) is 4.19. The third kappa shape index (κ3) is 2.52. The second kappa shape index (κ2) is 4.85. The lowest BCUT2D eigenvalue weighted by Gasteiger charge is -2.30. The zero-order chi connectivity index (χ0) is 9.80.